The molecule has 1 radical (unpaired) electrons. The SMILES string of the molecule is [CH2]CN1CCOCC1.[H+]. The van der Waals surface area contributed by atoms with Gasteiger partial charge in [0.2, 0.25) is 0 Å². The minimum atomic E-state index is 0. The van der Waals surface area contributed by atoms with E-state index in [0.29, 0.717) is 0 Å². The topological polar surface area (TPSA) is 12.5 Å². The van der Waals surface area contributed by atoms with Crippen LogP contribution >= 0.6 is 0 Å². The zero-order valence-electron chi connectivity index (χ0n) is 6.10. The quantitative estimate of drug-likeness (QED) is 0.486. The van der Waals surface area contributed by atoms with E-state index in [-0.39, 0.29) is 1.43 Å². The maximum absolute atomic E-state index is 5.13. The van der Waals surface area contributed by atoms with Crippen molar-refractivity contribution in [3.05, 3.63) is 6.92 Å². The van der Waals surface area contributed by atoms with Crippen LogP contribution < -0.4 is 0 Å². The molecule has 1 heterocycles. The summed E-state index contributed by atoms with van der Waals surface area (Å²) in [5, 5.41) is 0. The van der Waals surface area contributed by atoms with Crippen LogP contribution in [-0.4, -0.2) is 37.7 Å². The number of ether oxygens (including phenoxy) is 1. The van der Waals surface area contributed by atoms with E-state index >= 15 is 0 Å². The molecule has 0 aromatic rings. The van der Waals surface area contributed by atoms with E-state index in [2.05, 4.69) is 11.8 Å². The van der Waals surface area contributed by atoms with Crippen LogP contribution in [0.3, 0.4) is 0 Å². The summed E-state index contributed by atoms with van der Waals surface area (Å²) in [6.45, 7) is 8.59. The summed E-state index contributed by atoms with van der Waals surface area (Å²) in [4.78, 5) is 2.28. The van der Waals surface area contributed by atoms with Crippen molar-refractivity contribution < 1.29 is 6.16 Å². The summed E-state index contributed by atoms with van der Waals surface area (Å²) in [6, 6.07) is 0. The van der Waals surface area contributed by atoms with Gasteiger partial charge in [-0.2, -0.15) is 0 Å². The van der Waals surface area contributed by atoms with Crippen molar-refractivity contribution in [2.45, 2.75) is 0 Å². The van der Waals surface area contributed by atoms with E-state index in [0.717, 1.165) is 32.8 Å². The molecule has 0 N–H and O–H groups in total. The van der Waals surface area contributed by atoms with Crippen LogP contribution in [0.25, 0.3) is 0 Å². The summed E-state index contributed by atoms with van der Waals surface area (Å²) in [5.41, 5.74) is 0. The highest BCUT2D eigenvalue weighted by Gasteiger charge is 2.05. The second-order valence-electron chi connectivity index (χ2n) is 1.95. The molecule has 47 valence electrons. The lowest BCUT2D eigenvalue weighted by Gasteiger charge is -2.24. The van der Waals surface area contributed by atoms with Gasteiger partial charge in [0.1, 0.15) is 0 Å². The first-order valence-corrected chi connectivity index (χ1v) is 3.03. The van der Waals surface area contributed by atoms with E-state index < -0.39 is 0 Å². The van der Waals surface area contributed by atoms with Gasteiger partial charge in [-0.15, -0.1) is 0 Å². The van der Waals surface area contributed by atoms with Gasteiger partial charge in [0.25, 0.3) is 0 Å². The van der Waals surface area contributed by atoms with Crippen LogP contribution in [0.1, 0.15) is 1.43 Å². The van der Waals surface area contributed by atoms with Crippen molar-refractivity contribution >= 4 is 0 Å². The smallest absolute Gasteiger partial charge is 0.379 e. The molecule has 1 aliphatic rings. The van der Waals surface area contributed by atoms with Gasteiger partial charge < -0.3 is 4.74 Å². The summed E-state index contributed by atoms with van der Waals surface area (Å²) in [6.07, 6.45) is 0. The summed E-state index contributed by atoms with van der Waals surface area (Å²) in [7, 11) is 0. The number of rotatable bonds is 1. The Balaban J connectivity index is 0.000000640. The molecular weight excluding hydrogens is 102 g/mol. The van der Waals surface area contributed by atoms with E-state index in [9.17, 15) is 0 Å². The third kappa shape index (κ3) is 1.46. The molecule has 2 heteroatoms. The van der Waals surface area contributed by atoms with Gasteiger partial charge in [-0.25, -0.2) is 0 Å². The average molecular weight is 115 g/mol. The molecule has 0 amide bonds. The van der Waals surface area contributed by atoms with E-state index in [4.69, 9.17) is 4.74 Å². The zero-order chi connectivity index (χ0) is 5.82. The van der Waals surface area contributed by atoms with Crippen molar-refractivity contribution in [2.75, 3.05) is 32.8 Å². The molecular formula is C6H13NO+. The normalized spacial score (nSPS) is 23.6. The predicted octanol–water partition coefficient (Wildman–Crippen LogP) is 0.265. The van der Waals surface area contributed by atoms with Crippen LogP contribution in [-0.2, 0) is 4.74 Å². The maximum atomic E-state index is 5.13. The Morgan fingerprint density at radius 2 is 2.12 bits per heavy atom. The average Bonchev–Trinajstić information content (AvgIpc) is 1.90. The largest absolute Gasteiger partial charge is 1.00 e. The van der Waals surface area contributed by atoms with Gasteiger partial charge in [0.05, 0.1) is 13.2 Å². The fraction of sp³-hybridized carbons (Fsp3) is 0.833. The van der Waals surface area contributed by atoms with E-state index in [1.807, 2.05) is 0 Å². The molecule has 0 aliphatic carbocycles. The van der Waals surface area contributed by atoms with Crippen LogP contribution in [0, 0.1) is 6.92 Å². The molecule has 0 aromatic heterocycles. The minimum absolute atomic E-state index is 0. The first kappa shape index (κ1) is 6.05. The molecule has 0 saturated carbocycles. The van der Waals surface area contributed by atoms with Crippen LogP contribution in [0.15, 0.2) is 0 Å². The monoisotopic (exact) mass is 115 g/mol. The fourth-order valence-electron chi connectivity index (χ4n) is 0.825. The fourth-order valence-corrected chi connectivity index (χ4v) is 0.825. The highest BCUT2D eigenvalue weighted by atomic mass is 16.5. The van der Waals surface area contributed by atoms with Crippen LogP contribution in [0.2, 0.25) is 0 Å². The minimum Gasteiger partial charge on any atom is -0.379 e. The lowest BCUT2D eigenvalue weighted by atomic mass is 10.4. The highest BCUT2D eigenvalue weighted by Crippen LogP contribution is 1.93. The second-order valence-corrected chi connectivity index (χ2v) is 1.95. The first-order valence-electron chi connectivity index (χ1n) is 3.03. The third-order valence-electron chi connectivity index (χ3n) is 1.42. The van der Waals surface area contributed by atoms with Crippen molar-refractivity contribution in [1.29, 1.82) is 0 Å². The maximum Gasteiger partial charge on any atom is 1.00 e. The number of morpholine rings is 1. The molecule has 1 saturated heterocycles. The Labute approximate surface area is 51.9 Å². The molecule has 1 rings (SSSR count). The summed E-state index contributed by atoms with van der Waals surface area (Å²) >= 11 is 0. The van der Waals surface area contributed by atoms with Gasteiger partial charge >= 0.3 is 1.43 Å². The summed E-state index contributed by atoms with van der Waals surface area (Å²) in [5.74, 6) is 0. The van der Waals surface area contributed by atoms with Gasteiger partial charge in [0.15, 0.2) is 0 Å². The molecule has 0 bridgehead atoms. The molecule has 8 heavy (non-hydrogen) atoms. The van der Waals surface area contributed by atoms with Gasteiger partial charge in [0, 0.05) is 13.1 Å². The lowest BCUT2D eigenvalue weighted by molar-refractivity contribution is 0.0431. The van der Waals surface area contributed by atoms with E-state index in [1.54, 1.807) is 0 Å². The number of hydrogen-bond donors (Lipinski definition) is 0. The summed E-state index contributed by atoms with van der Waals surface area (Å²) < 4.78 is 5.13. The molecule has 2 nitrogen and oxygen atoms in total. The molecule has 0 unspecified atom stereocenters. The zero-order valence-corrected chi connectivity index (χ0v) is 5.10. The van der Waals surface area contributed by atoms with Gasteiger partial charge in [-0.05, 0) is 13.5 Å². The Morgan fingerprint density at radius 1 is 1.50 bits per heavy atom. The lowest BCUT2D eigenvalue weighted by Crippen LogP contribution is -2.35. The Bertz CT molecular complexity index is 64.1. The molecule has 1 fully saturated rings. The number of nitrogens with zero attached hydrogens (tertiary/aromatic N) is 1. The molecule has 0 atom stereocenters. The molecule has 0 spiro atoms. The second kappa shape index (κ2) is 3.05. The Morgan fingerprint density at radius 3 is 2.50 bits per heavy atom. The van der Waals surface area contributed by atoms with Gasteiger partial charge in [-0.3, -0.25) is 4.90 Å². The third-order valence-corrected chi connectivity index (χ3v) is 1.42. The predicted molar refractivity (Wildman–Crippen MR) is 33.7 cm³/mol. The highest BCUT2D eigenvalue weighted by molar-refractivity contribution is 4.61. The Kier molecular flexibility index (Phi) is 2.30. The van der Waals surface area contributed by atoms with Crippen molar-refractivity contribution in [3.63, 3.8) is 0 Å². The molecule has 0 aromatic carbocycles. The Hall–Kier alpha value is -0.0800. The molecule has 1 aliphatic heterocycles. The van der Waals surface area contributed by atoms with Crippen molar-refractivity contribution in [1.82, 2.24) is 4.90 Å². The first-order chi connectivity index (χ1) is 3.93. The van der Waals surface area contributed by atoms with E-state index in [1.165, 1.54) is 0 Å². The van der Waals surface area contributed by atoms with Crippen molar-refractivity contribution in [2.24, 2.45) is 0 Å². The van der Waals surface area contributed by atoms with Crippen LogP contribution in [0.5, 0.6) is 0 Å². The van der Waals surface area contributed by atoms with Crippen molar-refractivity contribution in [3.8, 4) is 0 Å². The van der Waals surface area contributed by atoms with Crippen LogP contribution in [0.4, 0.5) is 0 Å². The standard InChI is InChI=1S/C6H12NO/c1-2-7-3-5-8-6-4-7/h1-6H2/p+1. The van der Waals surface area contributed by atoms with Gasteiger partial charge in [-0.1, -0.05) is 0 Å². The number of hydrogen-bond acceptors (Lipinski definition) is 2.